The number of likely N-dealkylation sites (tertiary alicyclic amines) is 1. The van der Waals surface area contributed by atoms with Gasteiger partial charge in [0.25, 0.3) is 5.91 Å². The summed E-state index contributed by atoms with van der Waals surface area (Å²) in [5.41, 5.74) is 5.21. The lowest BCUT2D eigenvalue weighted by atomic mass is 10.0. The van der Waals surface area contributed by atoms with Crippen LogP contribution in [0.3, 0.4) is 0 Å². The number of guanidine groups is 1. The van der Waals surface area contributed by atoms with E-state index in [0.29, 0.717) is 24.3 Å². The zero-order valence-electron chi connectivity index (χ0n) is 16.7. The zero-order valence-corrected chi connectivity index (χ0v) is 19.0. The number of halogens is 1. The molecule has 27 heavy (non-hydrogen) atoms. The molecule has 1 aliphatic rings. The van der Waals surface area contributed by atoms with Gasteiger partial charge in [0.05, 0.1) is 6.54 Å². The first-order valence-electron chi connectivity index (χ1n) is 9.58. The fourth-order valence-corrected chi connectivity index (χ4v) is 3.41. The zero-order chi connectivity index (χ0) is 18.9. The molecule has 0 aromatic carbocycles. The summed E-state index contributed by atoms with van der Waals surface area (Å²) in [6.07, 6.45) is 5.26. The molecule has 0 aliphatic carbocycles. The largest absolute Gasteiger partial charge is 0.454 e. The SMILES string of the molecule is CN=C(NCc1ccc(C(N)=O)o1)NCC(C(C)C)N1CCCCCC1.I. The lowest BCUT2D eigenvalue weighted by molar-refractivity contribution is 0.0972. The normalized spacial score (nSPS) is 17.1. The number of hydrogen-bond acceptors (Lipinski definition) is 4. The second kappa shape index (κ2) is 12.2. The summed E-state index contributed by atoms with van der Waals surface area (Å²) in [6.45, 7) is 8.21. The molecule has 1 unspecified atom stereocenters. The smallest absolute Gasteiger partial charge is 0.284 e. The molecule has 8 heteroatoms. The number of carbonyl (C=O) groups excluding carboxylic acids is 1. The van der Waals surface area contributed by atoms with Gasteiger partial charge >= 0.3 is 0 Å². The van der Waals surface area contributed by atoms with Gasteiger partial charge in [-0.25, -0.2) is 0 Å². The molecular weight excluding hydrogens is 457 g/mol. The number of amides is 1. The lowest BCUT2D eigenvalue weighted by Crippen LogP contribution is -2.49. The first-order chi connectivity index (χ1) is 12.5. The Balaban J connectivity index is 0.00000364. The maximum absolute atomic E-state index is 11.1. The van der Waals surface area contributed by atoms with E-state index < -0.39 is 5.91 Å². The standard InChI is InChI=1S/C19H33N5O2.HI/c1-14(2)16(24-10-6-4-5-7-11-24)13-23-19(21-3)22-12-15-8-9-17(26-15)18(20)25;/h8-9,14,16H,4-7,10-13H2,1-3H3,(H2,20,25)(H2,21,22,23);1H. The third kappa shape index (κ3) is 7.69. The number of nitrogens with two attached hydrogens (primary N) is 1. The Morgan fingerprint density at radius 1 is 1.22 bits per heavy atom. The molecule has 154 valence electrons. The molecule has 4 N–H and O–H groups in total. The van der Waals surface area contributed by atoms with Crippen LogP contribution in [0.1, 0.15) is 55.8 Å². The van der Waals surface area contributed by atoms with Crippen molar-refractivity contribution < 1.29 is 9.21 Å². The average molecular weight is 491 g/mol. The van der Waals surface area contributed by atoms with Crippen LogP contribution in [0.25, 0.3) is 0 Å². The second-order valence-corrected chi connectivity index (χ2v) is 7.20. The van der Waals surface area contributed by atoms with Crippen molar-refractivity contribution in [3.63, 3.8) is 0 Å². The van der Waals surface area contributed by atoms with Crippen molar-refractivity contribution in [1.82, 2.24) is 15.5 Å². The van der Waals surface area contributed by atoms with Gasteiger partial charge in [0.15, 0.2) is 11.7 Å². The molecule has 1 aromatic rings. The minimum Gasteiger partial charge on any atom is -0.454 e. The number of hydrogen-bond donors (Lipinski definition) is 3. The first-order valence-corrected chi connectivity index (χ1v) is 9.58. The highest BCUT2D eigenvalue weighted by atomic mass is 127. The number of primary amides is 1. The third-order valence-corrected chi connectivity index (χ3v) is 4.92. The molecule has 7 nitrogen and oxygen atoms in total. The molecule has 1 amide bonds. The Bertz CT molecular complexity index is 595. The maximum Gasteiger partial charge on any atom is 0.284 e. The van der Waals surface area contributed by atoms with Crippen LogP contribution in [-0.2, 0) is 6.54 Å². The van der Waals surface area contributed by atoms with E-state index in [2.05, 4.69) is 34.4 Å². The highest BCUT2D eigenvalue weighted by Gasteiger charge is 2.22. The summed E-state index contributed by atoms with van der Waals surface area (Å²) in [7, 11) is 1.75. The third-order valence-electron chi connectivity index (χ3n) is 4.92. The van der Waals surface area contributed by atoms with Crippen molar-refractivity contribution >= 4 is 35.8 Å². The average Bonchev–Trinajstić information content (AvgIpc) is 2.93. The minimum absolute atomic E-state index is 0. The van der Waals surface area contributed by atoms with E-state index in [4.69, 9.17) is 10.2 Å². The molecule has 1 aromatic heterocycles. The van der Waals surface area contributed by atoms with Gasteiger partial charge in [-0.15, -0.1) is 24.0 Å². The van der Waals surface area contributed by atoms with Gasteiger partial charge < -0.3 is 20.8 Å². The summed E-state index contributed by atoms with van der Waals surface area (Å²) in [5.74, 6) is 1.56. The number of rotatable bonds is 7. The van der Waals surface area contributed by atoms with Gasteiger partial charge in [-0.1, -0.05) is 26.7 Å². The van der Waals surface area contributed by atoms with Gasteiger partial charge in [-0.2, -0.15) is 0 Å². The summed E-state index contributed by atoms with van der Waals surface area (Å²) in [4.78, 5) is 18.0. The molecule has 0 spiro atoms. The Morgan fingerprint density at radius 2 is 1.89 bits per heavy atom. The number of aliphatic imine (C=N–C) groups is 1. The van der Waals surface area contributed by atoms with E-state index in [1.165, 1.54) is 38.8 Å². The Kier molecular flexibility index (Phi) is 10.8. The molecule has 2 rings (SSSR count). The lowest BCUT2D eigenvalue weighted by Gasteiger charge is -2.34. The molecular formula is C19H34IN5O2. The quantitative estimate of drug-likeness (QED) is 0.310. The fraction of sp³-hybridized carbons (Fsp3) is 0.684. The van der Waals surface area contributed by atoms with E-state index in [-0.39, 0.29) is 29.7 Å². The van der Waals surface area contributed by atoms with Crippen LogP contribution in [-0.4, -0.2) is 49.5 Å². The van der Waals surface area contributed by atoms with Crippen molar-refractivity contribution in [3.8, 4) is 0 Å². The Hall–Kier alpha value is -1.29. The number of furan rings is 1. The van der Waals surface area contributed by atoms with E-state index in [1.54, 1.807) is 19.2 Å². The predicted molar refractivity (Wildman–Crippen MR) is 120 cm³/mol. The van der Waals surface area contributed by atoms with Crippen molar-refractivity contribution in [3.05, 3.63) is 23.7 Å². The molecule has 2 heterocycles. The van der Waals surface area contributed by atoms with Gasteiger partial charge in [-0.05, 0) is 44.0 Å². The van der Waals surface area contributed by atoms with Crippen LogP contribution < -0.4 is 16.4 Å². The van der Waals surface area contributed by atoms with Gasteiger partial charge in [-0.3, -0.25) is 14.7 Å². The van der Waals surface area contributed by atoms with Gasteiger partial charge in [0, 0.05) is 19.6 Å². The molecule has 1 atom stereocenters. The molecule has 1 aliphatic heterocycles. The van der Waals surface area contributed by atoms with Crippen LogP contribution in [0.5, 0.6) is 0 Å². The molecule has 0 bridgehead atoms. The van der Waals surface area contributed by atoms with Crippen molar-refractivity contribution in [2.24, 2.45) is 16.6 Å². The van der Waals surface area contributed by atoms with Crippen molar-refractivity contribution in [2.45, 2.75) is 52.1 Å². The van der Waals surface area contributed by atoms with Crippen LogP contribution in [0, 0.1) is 5.92 Å². The van der Waals surface area contributed by atoms with Crippen LogP contribution in [0.15, 0.2) is 21.5 Å². The fourth-order valence-electron chi connectivity index (χ4n) is 3.41. The summed E-state index contributed by atoms with van der Waals surface area (Å²) >= 11 is 0. The summed E-state index contributed by atoms with van der Waals surface area (Å²) < 4.78 is 5.38. The van der Waals surface area contributed by atoms with Crippen LogP contribution >= 0.6 is 24.0 Å². The topological polar surface area (TPSA) is 95.9 Å². The van der Waals surface area contributed by atoms with Crippen molar-refractivity contribution in [2.75, 3.05) is 26.7 Å². The highest BCUT2D eigenvalue weighted by Crippen LogP contribution is 2.17. The number of carbonyl (C=O) groups is 1. The van der Waals surface area contributed by atoms with Crippen LogP contribution in [0.4, 0.5) is 0 Å². The molecule has 0 saturated carbocycles. The highest BCUT2D eigenvalue weighted by molar-refractivity contribution is 14.0. The van der Waals surface area contributed by atoms with Crippen LogP contribution in [0.2, 0.25) is 0 Å². The van der Waals surface area contributed by atoms with E-state index in [0.717, 1.165) is 12.5 Å². The van der Waals surface area contributed by atoms with E-state index in [9.17, 15) is 4.79 Å². The summed E-state index contributed by atoms with van der Waals surface area (Å²) in [5, 5.41) is 6.65. The summed E-state index contributed by atoms with van der Waals surface area (Å²) in [6, 6.07) is 3.81. The second-order valence-electron chi connectivity index (χ2n) is 7.20. The van der Waals surface area contributed by atoms with E-state index >= 15 is 0 Å². The maximum atomic E-state index is 11.1. The predicted octanol–water partition coefficient (Wildman–Crippen LogP) is 2.56. The Labute approximate surface area is 179 Å². The van der Waals surface area contributed by atoms with Gasteiger partial charge in [0.1, 0.15) is 5.76 Å². The molecule has 1 saturated heterocycles. The van der Waals surface area contributed by atoms with E-state index in [1.807, 2.05) is 0 Å². The van der Waals surface area contributed by atoms with Gasteiger partial charge in [0.2, 0.25) is 0 Å². The Morgan fingerprint density at radius 3 is 2.41 bits per heavy atom. The number of nitrogens with one attached hydrogen (secondary N) is 2. The monoisotopic (exact) mass is 491 g/mol. The minimum atomic E-state index is -0.559. The molecule has 0 radical (unpaired) electrons. The molecule has 1 fully saturated rings. The van der Waals surface area contributed by atoms with Crippen molar-refractivity contribution in [1.29, 1.82) is 0 Å². The first kappa shape index (κ1) is 23.7. The number of nitrogens with zero attached hydrogens (tertiary/aromatic N) is 2.